The van der Waals surface area contributed by atoms with Gasteiger partial charge in [0.05, 0.1) is 6.10 Å². The number of hydrogen-bond acceptors (Lipinski definition) is 3. The van der Waals surface area contributed by atoms with Gasteiger partial charge in [-0.1, -0.05) is 6.07 Å². The van der Waals surface area contributed by atoms with Gasteiger partial charge in [0.15, 0.2) is 0 Å². The molecule has 0 radical (unpaired) electrons. The van der Waals surface area contributed by atoms with Crippen LogP contribution in [0.15, 0.2) is 24.5 Å². The second-order valence-electron chi connectivity index (χ2n) is 3.60. The number of hydrogen-bond donors (Lipinski definition) is 2. The lowest BCUT2D eigenvalue weighted by atomic mass is 10.1. The molecule has 3 nitrogen and oxygen atoms in total. The largest absolute Gasteiger partial charge is 0.393 e. The van der Waals surface area contributed by atoms with Gasteiger partial charge in [-0.15, -0.1) is 0 Å². The van der Waals surface area contributed by atoms with Crippen molar-refractivity contribution < 1.29 is 5.11 Å². The van der Waals surface area contributed by atoms with Gasteiger partial charge in [0.2, 0.25) is 0 Å². The van der Waals surface area contributed by atoms with Crippen molar-refractivity contribution in [3.8, 4) is 0 Å². The summed E-state index contributed by atoms with van der Waals surface area (Å²) in [5.41, 5.74) is 1.18. The van der Waals surface area contributed by atoms with Gasteiger partial charge in [-0.2, -0.15) is 0 Å². The molecule has 2 N–H and O–H groups in total. The van der Waals surface area contributed by atoms with Crippen LogP contribution in [0.25, 0.3) is 0 Å². The molecule has 3 heteroatoms. The zero-order chi connectivity index (χ0) is 10.4. The Morgan fingerprint density at radius 3 is 2.86 bits per heavy atom. The van der Waals surface area contributed by atoms with Crippen LogP contribution in [-0.4, -0.2) is 22.7 Å². The Bertz CT molecular complexity index is 249. The average Bonchev–Trinajstić information content (AvgIpc) is 2.18. The fourth-order valence-electron chi connectivity index (χ4n) is 1.26. The van der Waals surface area contributed by atoms with Crippen LogP contribution in [0, 0.1) is 0 Å². The van der Waals surface area contributed by atoms with Crippen molar-refractivity contribution in [1.29, 1.82) is 0 Å². The van der Waals surface area contributed by atoms with Crippen LogP contribution in [0.1, 0.15) is 31.9 Å². The van der Waals surface area contributed by atoms with Gasteiger partial charge in [-0.3, -0.25) is 4.98 Å². The molecule has 78 valence electrons. The third kappa shape index (κ3) is 3.85. The molecule has 0 saturated carbocycles. The number of aliphatic hydroxyl groups excluding tert-OH is 1. The molecule has 0 fully saturated rings. The summed E-state index contributed by atoms with van der Waals surface area (Å²) in [5, 5.41) is 12.4. The summed E-state index contributed by atoms with van der Waals surface area (Å²) in [5.74, 6) is 0. The lowest BCUT2D eigenvalue weighted by molar-refractivity contribution is 0.182. The van der Waals surface area contributed by atoms with E-state index in [1.54, 1.807) is 13.1 Å². The Morgan fingerprint density at radius 1 is 1.50 bits per heavy atom. The van der Waals surface area contributed by atoms with E-state index in [2.05, 4.69) is 17.2 Å². The van der Waals surface area contributed by atoms with Gasteiger partial charge in [-0.25, -0.2) is 0 Å². The molecular weight excluding hydrogens is 176 g/mol. The van der Waals surface area contributed by atoms with Crippen molar-refractivity contribution in [2.24, 2.45) is 0 Å². The molecule has 1 aromatic rings. The fraction of sp³-hybridized carbons (Fsp3) is 0.545. The van der Waals surface area contributed by atoms with Crippen LogP contribution in [0.2, 0.25) is 0 Å². The highest BCUT2D eigenvalue weighted by Crippen LogP contribution is 2.09. The molecule has 0 aliphatic carbocycles. The van der Waals surface area contributed by atoms with E-state index in [0.717, 1.165) is 13.0 Å². The number of nitrogens with zero attached hydrogens (tertiary/aromatic N) is 1. The van der Waals surface area contributed by atoms with Crippen LogP contribution in [0.3, 0.4) is 0 Å². The summed E-state index contributed by atoms with van der Waals surface area (Å²) in [4.78, 5) is 4.06. The third-order valence-electron chi connectivity index (χ3n) is 2.20. The molecule has 0 unspecified atom stereocenters. The molecule has 1 rings (SSSR count). The van der Waals surface area contributed by atoms with E-state index in [1.165, 1.54) is 5.56 Å². The molecule has 0 aliphatic heterocycles. The summed E-state index contributed by atoms with van der Waals surface area (Å²) >= 11 is 0. The SMILES string of the molecule is C[C@H](O)CCN[C@H](C)c1cccnc1. The summed E-state index contributed by atoms with van der Waals surface area (Å²) in [6, 6.07) is 4.28. The van der Waals surface area contributed by atoms with Gasteiger partial charge in [0.25, 0.3) is 0 Å². The Morgan fingerprint density at radius 2 is 2.29 bits per heavy atom. The number of aromatic nitrogens is 1. The van der Waals surface area contributed by atoms with E-state index in [-0.39, 0.29) is 6.10 Å². The lowest BCUT2D eigenvalue weighted by Crippen LogP contribution is -2.22. The van der Waals surface area contributed by atoms with E-state index in [4.69, 9.17) is 5.11 Å². The first-order chi connectivity index (χ1) is 6.70. The van der Waals surface area contributed by atoms with Crippen LogP contribution >= 0.6 is 0 Å². The van der Waals surface area contributed by atoms with Crippen molar-refractivity contribution in [2.45, 2.75) is 32.4 Å². The normalized spacial score (nSPS) is 15.1. The van der Waals surface area contributed by atoms with E-state index in [1.807, 2.05) is 18.3 Å². The predicted octanol–water partition coefficient (Wildman–Crippen LogP) is 1.50. The Balaban J connectivity index is 2.32. The van der Waals surface area contributed by atoms with Crippen molar-refractivity contribution in [3.63, 3.8) is 0 Å². The molecule has 0 bridgehead atoms. The van der Waals surface area contributed by atoms with E-state index < -0.39 is 0 Å². The summed E-state index contributed by atoms with van der Waals surface area (Å²) in [6.07, 6.45) is 4.18. The van der Waals surface area contributed by atoms with Crippen LogP contribution in [-0.2, 0) is 0 Å². The average molecular weight is 194 g/mol. The molecule has 0 amide bonds. The van der Waals surface area contributed by atoms with Crippen molar-refractivity contribution in [3.05, 3.63) is 30.1 Å². The summed E-state index contributed by atoms with van der Waals surface area (Å²) < 4.78 is 0. The molecule has 2 atom stereocenters. The summed E-state index contributed by atoms with van der Waals surface area (Å²) in [7, 11) is 0. The minimum Gasteiger partial charge on any atom is -0.393 e. The second-order valence-corrected chi connectivity index (χ2v) is 3.60. The van der Waals surface area contributed by atoms with E-state index in [9.17, 15) is 0 Å². The number of pyridine rings is 1. The highest BCUT2D eigenvalue weighted by Gasteiger charge is 2.04. The van der Waals surface area contributed by atoms with Gasteiger partial charge in [0, 0.05) is 18.4 Å². The topological polar surface area (TPSA) is 45.1 Å². The third-order valence-corrected chi connectivity index (χ3v) is 2.20. The van der Waals surface area contributed by atoms with Crippen LogP contribution in [0.4, 0.5) is 0 Å². The molecular formula is C11H18N2O. The maximum absolute atomic E-state index is 9.08. The molecule has 0 aromatic carbocycles. The molecule has 0 saturated heterocycles. The first kappa shape index (κ1) is 11.1. The Labute approximate surface area is 85.2 Å². The Hall–Kier alpha value is -0.930. The van der Waals surface area contributed by atoms with Gasteiger partial charge >= 0.3 is 0 Å². The minimum atomic E-state index is -0.233. The fourth-order valence-corrected chi connectivity index (χ4v) is 1.26. The maximum Gasteiger partial charge on any atom is 0.0524 e. The van der Waals surface area contributed by atoms with Gasteiger partial charge in [0.1, 0.15) is 0 Å². The highest BCUT2D eigenvalue weighted by molar-refractivity contribution is 5.12. The van der Waals surface area contributed by atoms with Gasteiger partial charge in [-0.05, 0) is 38.4 Å². The minimum absolute atomic E-state index is 0.233. The zero-order valence-electron chi connectivity index (χ0n) is 8.77. The van der Waals surface area contributed by atoms with Crippen LogP contribution in [0.5, 0.6) is 0 Å². The molecule has 1 aromatic heterocycles. The second kappa shape index (κ2) is 5.73. The predicted molar refractivity (Wildman–Crippen MR) is 57.0 cm³/mol. The molecule has 14 heavy (non-hydrogen) atoms. The molecule has 1 heterocycles. The highest BCUT2D eigenvalue weighted by atomic mass is 16.3. The van der Waals surface area contributed by atoms with Crippen molar-refractivity contribution in [1.82, 2.24) is 10.3 Å². The van der Waals surface area contributed by atoms with E-state index >= 15 is 0 Å². The molecule has 0 spiro atoms. The smallest absolute Gasteiger partial charge is 0.0524 e. The number of aliphatic hydroxyl groups is 1. The first-order valence-electron chi connectivity index (χ1n) is 5.01. The monoisotopic (exact) mass is 194 g/mol. The maximum atomic E-state index is 9.08. The standard InChI is InChI=1S/C11H18N2O/c1-9(14)5-7-13-10(2)11-4-3-6-12-8-11/h3-4,6,8-10,13-14H,5,7H2,1-2H3/t9-,10+/m0/s1. The zero-order valence-corrected chi connectivity index (χ0v) is 8.77. The summed E-state index contributed by atoms with van der Waals surface area (Å²) in [6.45, 7) is 4.73. The Kier molecular flexibility index (Phi) is 4.56. The van der Waals surface area contributed by atoms with E-state index in [0.29, 0.717) is 6.04 Å². The lowest BCUT2D eigenvalue weighted by Gasteiger charge is -2.14. The molecule has 0 aliphatic rings. The van der Waals surface area contributed by atoms with Crippen LogP contribution < -0.4 is 5.32 Å². The quantitative estimate of drug-likeness (QED) is 0.746. The first-order valence-corrected chi connectivity index (χ1v) is 5.01. The van der Waals surface area contributed by atoms with Crippen molar-refractivity contribution in [2.75, 3.05) is 6.54 Å². The van der Waals surface area contributed by atoms with Crippen molar-refractivity contribution >= 4 is 0 Å². The number of rotatable bonds is 5. The van der Waals surface area contributed by atoms with Gasteiger partial charge < -0.3 is 10.4 Å². The number of nitrogens with one attached hydrogen (secondary N) is 1.